The molecule has 20 heavy (non-hydrogen) atoms. The smallest absolute Gasteiger partial charge is 0.328 e. The van der Waals surface area contributed by atoms with Crippen molar-refractivity contribution in [2.75, 3.05) is 20.6 Å². The number of carboxylic acids is 2. The van der Waals surface area contributed by atoms with Gasteiger partial charge in [-0.15, -0.1) is 0 Å². The monoisotopic (exact) mass is 286 g/mol. The third-order valence-corrected chi connectivity index (χ3v) is 1.79. The Bertz CT molecular complexity index is 346. The Morgan fingerprint density at radius 1 is 1.10 bits per heavy atom. The first-order valence-electron chi connectivity index (χ1n) is 6.02. The van der Waals surface area contributed by atoms with E-state index in [0.717, 1.165) is 13.0 Å². The van der Waals surface area contributed by atoms with E-state index in [0.29, 0.717) is 18.6 Å². The van der Waals surface area contributed by atoms with Gasteiger partial charge in [0.2, 0.25) is 5.91 Å². The van der Waals surface area contributed by atoms with Crippen molar-refractivity contribution in [3.63, 3.8) is 0 Å². The fourth-order valence-electron chi connectivity index (χ4n) is 0.813. The first kappa shape index (κ1) is 20.2. The molecule has 0 rings (SSSR count). The Kier molecular flexibility index (Phi) is 13.4. The van der Waals surface area contributed by atoms with Crippen LogP contribution in [0.2, 0.25) is 0 Å². The first-order chi connectivity index (χ1) is 9.29. The summed E-state index contributed by atoms with van der Waals surface area (Å²) in [5, 5.41) is 18.3. The number of nitrogens with one attached hydrogen (secondary N) is 1. The lowest BCUT2D eigenvalue weighted by atomic mass is 10.4. The standard InChI is InChI=1S/C9H18N2O.C4H4O4/c1-4-9(12)10-7-5-6-8-11(2)3;5-3(6)1-2-4(7)8/h5,7H,4,6,8H2,1-3H3,(H,10,12);1-2H,(H,5,6)(H,7,8)/b7-5+;2-1+. The van der Waals surface area contributed by atoms with E-state index in [1.165, 1.54) is 0 Å². The number of rotatable bonds is 7. The summed E-state index contributed by atoms with van der Waals surface area (Å²) in [6.45, 7) is 2.85. The summed E-state index contributed by atoms with van der Waals surface area (Å²) in [4.78, 5) is 31.9. The molecule has 0 heterocycles. The van der Waals surface area contributed by atoms with Gasteiger partial charge in [0.25, 0.3) is 0 Å². The van der Waals surface area contributed by atoms with Crippen molar-refractivity contribution in [1.29, 1.82) is 0 Å². The Labute approximate surface area is 118 Å². The molecule has 0 radical (unpaired) electrons. The van der Waals surface area contributed by atoms with Crippen LogP contribution in [0.4, 0.5) is 0 Å². The van der Waals surface area contributed by atoms with Crippen LogP contribution in [0.5, 0.6) is 0 Å². The minimum Gasteiger partial charge on any atom is -0.478 e. The molecule has 7 heteroatoms. The molecule has 114 valence electrons. The van der Waals surface area contributed by atoms with Crippen molar-refractivity contribution in [3.05, 3.63) is 24.4 Å². The fraction of sp³-hybridized carbons (Fsp3) is 0.462. The highest BCUT2D eigenvalue weighted by molar-refractivity contribution is 5.89. The summed E-state index contributed by atoms with van der Waals surface area (Å²) >= 11 is 0. The van der Waals surface area contributed by atoms with Gasteiger partial charge in [-0.05, 0) is 26.7 Å². The van der Waals surface area contributed by atoms with Gasteiger partial charge in [-0.3, -0.25) is 4.79 Å². The number of aliphatic carboxylic acids is 2. The van der Waals surface area contributed by atoms with Crippen molar-refractivity contribution in [1.82, 2.24) is 10.2 Å². The average molecular weight is 286 g/mol. The Balaban J connectivity index is 0. The van der Waals surface area contributed by atoms with Gasteiger partial charge in [0.15, 0.2) is 0 Å². The number of hydrogen-bond donors (Lipinski definition) is 3. The van der Waals surface area contributed by atoms with Crippen molar-refractivity contribution < 1.29 is 24.6 Å². The van der Waals surface area contributed by atoms with Crippen LogP contribution < -0.4 is 5.32 Å². The lowest BCUT2D eigenvalue weighted by molar-refractivity contribution is -0.134. The second kappa shape index (κ2) is 13.3. The van der Waals surface area contributed by atoms with E-state index in [9.17, 15) is 14.4 Å². The maximum absolute atomic E-state index is 10.7. The summed E-state index contributed by atoms with van der Waals surface area (Å²) < 4.78 is 0. The second-order valence-electron chi connectivity index (χ2n) is 3.93. The molecule has 0 aromatic rings. The second-order valence-corrected chi connectivity index (χ2v) is 3.93. The van der Waals surface area contributed by atoms with E-state index in [1.807, 2.05) is 27.1 Å². The van der Waals surface area contributed by atoms with E-state index >= 15 is 0 Å². The quantitative estimate of drug-likeness (QED) is 0.594. The average Bonchev–Trinajstić information content (AvgIpc) is 2.36. The maximum Gasteiger partial charge on any atom is 0.328 e. The molecule has 0 aromatic carbocycles. The number of nitrogens with zero attached hydrogens (tertiary/aromatic N) is 1. The molecule has 1 amide bonds. The van der Waals surface area contributed by atoms with Gasteiger partial charge in [0.05, 0.1) is 0 Å². The van der Waals surface area contributed by atoms with E-state index in [4.69, 9.17) is 10.2 Å². The highest BCUT2D eigenvalue weighted by Crippen LogP contribution is 1.84. The largest absolute Gasteiger partial charge is 0.478 e. The minimum atomic E-state index is -1.26. The zero-order valence-electron chi connectivity index (χ0n) is 12.0. The summed E-state index contributed by atoms with van der Waals surface area (Å²) in [5.41, 5.74) is 0. The predicted octanol–water partition coefficient (Wildman–Crippen LogP) is 0.690. The van der Waals surface area contributed by atoms with Crippen LogP contribution in [0.15, 0.2) is 24.4 Å². The Hall–Kier alpha value is -2.15. The molecule has 3 N–H and O–H groups in total. The van der Waals surface area contributed by atoms with Gasteiger partial charge in [-0.25, -0.2) is 9.59 Å². The third kappa shape index (κ3) is 21.2. The molecule has 0 fully saturated rings. The molecule has 0 saturated carbocycles. The molecule has 0 aliphatic carbocycles. The summed E-state index contributed by atoms with van der Waals surface area (Å²) in [7, 11) is 4.05. The Morgan fingerprint density at radius 2 is 1.60 bits per heavy atom. The SMILES string of the molecule is CCC(=O)N/C=C/CCN(C)C.O=C(O)/C=C/C(=O)O. The van der Waals surface area contributed by atoms with Crippen LogP contribution in [-0.4, -0.2) is 53.6 Å². The van der Waals surface area contributed by atoms with Crippen molar-refractivity contribution in [2.24, 2.45) is 0 Å². The number of hydrogen-bond acceptors (Lipinski definition) is 4. The normalized spacial score (nSPS) is 10.4. The van der Waals surface area contributed by atoms with Crippen LogP contribution in [0.25, 0.3) is 0 Å². The molecule has 0 spiro atoms. The number of amides is 1. The zero-order valence-corrected chi connectivity index (χ0v) is 12.0. The van der Waals surface area contributed by atoms with Crippen LogP contribution in [0.1, 0.15) is 19.8 Å². The van der Waals surface area contributed by atoms with E-state index in [2.05, 4.69) is 10.2 Å². The van der Waals surface area contributed by atoms with Gasteiger partial charge in [0, 0.05) is 25.1 Å². The summed E-state index contributed by atoms with van der Waals surface area (Å²) in [6, 6.07) is 0. The maximum atomic E-state index is 10.7. The van der Waals surface area contributed by atoms with Crippen molar-refractivity contribution in [2.45, 2.75) is 19.8 Å². The van der Waals surface area contributed by atoms with Crippen LogP contribution >= 0.6 is 0 Å². The third-order valence-electron chi connectivity index (χ3n) is 1.79. The van der Waals surface area contributed by atoms with Gasteiger partial charge >= 0.3 is 11.9 Å². The molecule has 7 nitrogen and oxygen atoms in total. The lowest BCUT2D eigenvalue weighted by Crippen LogP contribution is -2.15. The first-order valence-corrected chi connectivity index (χ1v) is 6.02. The topological polar surface area (TPSA) is 107 Å². The predicted molar refractivity (Wildman–Crippen MR) is 75.2 cm³/mol. The number of carbonyl (C=O) groups excluding carboxylic acids is 1. The molecule has 0 unspecified atom stereocenters. The molecule has 0 aromatic heterocycles. The van der Waals surface area contributed by atoms with Crippen molar-refractivity contribution in [3.8, 4) is 0 Å². The summed E-state index contributed by atoms with van der Waals surface area (Å²) in [5.74, 6) is -2.45. The molecule has 0 bridgehead atoms. The summed E-state index contributed by atoms with van der Waals surface area (Å²) in [6.07, 6.45) is 6.31. The highest BCUT2D eigenvalue weighted by atomic mass is 16.4. The van der Waals surface area contributed by atoms with Gasteiger partial charge in [-0.1, -0.05) is 13.0 Å². The van der Waals surface area contributed by atoms with E-state index in [1.54, 1.807) is 6.20 Å². The molecule has 0 aliphatic heterocycles. The molecule has 0 aliphatic rings. The lowest BCUT2D eigenvalue weighted by Gasteiger charge is -2.05. The zero-order chi connectivity index (χ0) is 16.0. The van der Waals surface area contributed by atoms with Gasteiger partial charge < -0.3 is 20.4 Å². The Morgan fingerprint density at radius 3 is 1.95 bits per heavy atom. The fourth-order valence-corrected chi connectivity index (χ4v) is 0.813. The van der Waals surface area contributed by atoms with E-state index in [-0.39, 0.29) is 5.91 Å². The van der Waals surface area contributed by atoms with Gasteiger partial charge in [-0.2, -0.15) is 0 Å². The van der Waals surface area contributed by atoms with Crippen LogP contribution in [0.3, 0.4) is 0 Å². The molecular weight excluding hydrogens is 264 g/mol. The highest BCUT2D eigenvalue weighted by Gasteiger charge is 1.90. The van der Waals surface area contributed by atoms with Crippen LogP contribution in [0, 0.1) is 0 Å². The number of carboxylic acid groups (broad SMARTS) is 2. The minimum absolute atomic E-state index is 0.0658. The molecule has 0 saturated heterocycles. The van der Waals surface area contributed by atoms with E-state index < -0.39 is 11.9 Å². The number of carbonyl (C=O) groups is 3. The van der Waals surface area contributed by atoms with Crippen LogP contribution in [-0.2, 0) is 14.4 Å². The van der Waals surface area contributed by atoms with Crippen molar-refractivity contribution >= 4 is 17.8 Å². The molecule has 0 atom stereocenters. The van der Waals surface area contributed by atoms with Gasteiger partial charge in [0.1, 0.15) is 0 Å². The molecular formula is C13H22N2O5.